The summed E-state index contributed by atoms with van der Waals surface area (Å²) in [5, 5.41) is 3.57. The zero-order valence-electron chi connectivity index (χ0n) is 15.1. The highest BCUT2D eigenvalue weighted by Crippen LogP contribution is 2.25. The van der Waals surface area contributed by atoms with Crippen LogP contribution in [-0.2, 0) is 11.2 Å². The van der Waals surface area contributed by atoms with Gasteiger partial charge in [0.1, 0.15) is 0 Å². The van der Waals surface area contributed by atoms with E-state index in [2.05, 4.69) is 10.3 Å². The Labute approximate surface area is 152 Å². The van der Waals surface area contributed by atoms with Gasteiger partial charge in [0.15, 0.2) is 5.58 Å². The van der Waals surface area contributed by atoms with Gasteiger partial charge in [-0.2, -0.15) is 0 Å². The molecule has 26 heavy (non-hydrogen) atoms. The Kier molecular flexibility index (Phi) is 5.11. The molecule has 1 aromatic heterocycles. The quantitative estimate of drug-likeness (QED) is 0.861. The zero-order valence-corrected chi connectivity index (χ0v) is 15.1. The third kappa shape index (κ3) is 4.01. The zero-order chi connectivity index (χ0) is 17.9. The topological polar surface area (TPSA) is 78.3 Å². The average Bonchev–Trinajstić information content (AvgIpc) is 3.28. The SMILES string of the molecule is O=C(Cc1ccc2oc(=O)[nH]c2c1)N1CCC(CC[C@@H]2CCCN2)CC1. The van der Waals surface area contributed by atoms with E-state index in [-0.39, 0.29) is 5.91 Å². The molecule has 2 saturated heterocycles. The number of aromatic amines is 1. The van der Waals surface area contributed by atoms with Crippen LogP contribution in [0, 0.1) is 5.92 Å². The van der Waals surface area contributed by atoms with Gasteiger partial charge in [0.05, 0.1) is 11.9 Å². The summed E-state index contributed by atoms with van der Waals surface area (Å²) in [7, 11) is 0. The maximum atomic E-state index is 12.6. The van der Waals surface area contributed by atoms with E-state index in [1.54, 1.807) is 6.07 Å². The van der Waals surface area contributed by atoms with Crippen LogP contribution in [0.25, 0.3) is 11.1 Å². The van der Waals surface area contributed by atoms with Crippen molar-refractivity contribution in [3.05, 3.63) is 34.3 Å². The number of aromatic nitrogens is 1. The number of piperidine rings is 1. The van der Waals surface area contributed by atoms with Crippen LogP contribution in [0.15, 0.2) is 27.4 Å². The maximum absolute atomic E-state index is 12.6. The van der Waals surface area contributed by atoms with Crippen molar-refractivity contribution in [2.75, 3.05) is 19.6 Å². The first-order valence-corrected chi connectivity index (χ1v) is 9.80. The van der Waals surface area contributed by atoms with Crippen LogP contribution in [0.5, 0.6) is 0 Å². The minimum absolute atomic E-state index is 0.172. The molecular weight excluding hydrogens is 330 g/mol. The molecule has 0 saturated carbocycles. The summed E-state index contributed by atoms with van der Waals surface area (Å²) < 4.78 is 5.00. The number of carbonyl (C=O) groups excluding carboxylic acids is 1. The molecule has 4 rings (SSSR count). The van der Waals surface area contributed by atoms with Crippen LogP contribution in [0.1, 0.15) is 44.1 Å². The molecule has 6 heteroatoms. The maximum Gasteiger partial charge on any atom is 0.417 e. The standard InChI is InChI=1S/C20H27N3O3/c24-19(13-15-4-6-18-17(12-15)22-20(25)26-18)23-10-7-14(8-11-23)3-5-16-2-1-9-21-16/h4,6,12,14,16,21H,1-3,5,7-11,13H2,(H,22,25)/t16-/m0/s1. The molecule has 2 aliphatic heterocycles. The third-order valence-corrected chi connectivity index (χ3v) is 5.89. The Morgan fingerprint density at radius 1 is 1.19 bits per heavy atom. The average molecular weight is 357 g/mol. The predicted molar refractivity (Wildman–Crippen MR) is 100 cm³/mol. The molecule has 3 heterocycles. The molecule has 6 nitrogen and oxygen atoms in total. The number of hydrogen-bond acceptors (Lipinski definition) is 4. The van der Waals surface area contributed by atoms with E-state index >= 15 is 0 Å². The van der Waals surface area contributed by atoms with Crippen LogP contribution < -0.4 is 11.1 Å². The predicted octanol–water partition coefficient (Wildman–Crippen LogP) is 2.43. The summed E-state index contributed by atoms with van der Waals surface area (Å²) in [4.78, 5) is 28.5. The van der Waals surface area contributed by atoms with E-state index in [1.807, 2.05) is 17.0 Å². The lowest BCUT2D eigenvalue weighted by Gasteiger charge is -2.32. The molecule has 2 aliphatic rings. The van der Waals surface area contributed by atoms with Gasteiger partial charge in [0.2, 0.25) is 5.91 Å². The summed E-state index contributed by atoms with van der Waals surface area (Å²) in [6, 6.07) is 6.16. The summed E-state index contributed by atoms with van der Waals surface area (Å²) in [5.41, 5.74) is 2.09. The largest absolute Gasteiger partial charge is 0.417 e. The van der Waals surface area contributed by atoms with Gasteiger partial charge < -0.3 is 14.6 Å². The number of benzene rings is 1. The van der Waals surface area contributed by atoms with Gasteiger partial charge in [-0.1, -0.05) is 6.07 Å². The molecule has 1 aromatic carbocycles. The first-order chi connectivity index (χ1) is 12.7. The highest BCUT2D eigenvalue weighted by atomic mass is 16.4. The van der Waals surface area contributed by atoms with Crippen LogP contribution in [-0.4, -0.2) is 41.5 Å². The van der Waals surface area contributed by atoms with E-state index in [1.165, 1.54) is 32.2 Å². The molecule has 2 aromatic rings. The number of fused-ring (bicyclic) bond motifs is 1. The van der Waals surface area contributed by atoms with Crippen LogP contribution in [0.4, 0.5) is 0 Å². The molecule has 0 bridgehead atoms. The molecule has 1 atom stereocenters. The van der Waals surface area contributed by atoms with Gasteiger partial charge in [-0.15, -0.1) is 0 Å². The summed E-state index contributed by atoms with van der Waals surface area (Å²) in [6.07, 6.45) is 7.81. The van der Waals surface area contributed by atoms with Crippen molar-refractivity contribution in [1.82, 2.24) is 15.2 Å². The van der Waals surface area contributed by atoms with Crippen LogP contribution >= 0.6 is 0 Å². The van der Waals surface area contributed by atoms with Gasteiger partial charge in [-0.25, -0.2) is 4.79 Å². The van der Waals surface area contributed by atoms with Gasteiger partial charge in [0.25, 0.3) is 0 Å². The van der Waals surface area contributed by atoms with Crippen molar-refractivity contribution in [2.24, 2.45) is 5.92 Å². The number of hydrogen-bond donors (Lipinski definition) is 2. The smallest absolute Gasteiger partial charge is 0.408 e. The minimum Gasteiger partial charge on any atom is -0.408 e. The highest BCUT2D eigenvalue weighted by molar-refractivity contribution is 5.81. The molecule has 0 aliphatic carbocycles. The van der Waals surface area contributed by atoms with E-state index in [4.69, 9.17) is 4.42 Å². The minimum atomic E-state index is -0.460. The fourth-order valence-corrected chi connectivity index (χ4v) is 4.31. The molecule has 2 fully saturated rings. The first kappa shape index (κ1) is 17.3. The van der Waals surface area contributed by atoms with Crippen LogP contribution in [0.2, 0.25) is 0 Å². The van der Waals surface area contributed by atoms with Crippen molar-refractivity contribution in [3.63, 3.8) is 0 Å². The van der Waals surface area contributed by atoms with Gasteiger partial charge in [0, 0.05) is 19.1 Å². The number of oxazole rings is 1. The van der Waals surface area contributed by atoms with Gasteiger partial charge >= 0.3 is 5.76 Å². The molecular formula is C20H27N3O3. The van der Waals surface area contributed by atoms with Crippen molar-refractivity contribution in [1.29, 1.82) is 0 Å². The number of rotatable bonds is 5. The normalized spacial score (nSPS) is 21.5. The fourth-order valence-electron chi connectivity index (χ4n) is 4.31. The Bertz CT molecular complexity index is 811. The number of likely N-dealkylation sites (tertiary alicyclic amines) is 1. The molecule has 2 N–H and O–H groups in total. The molecule has 0 radical (unpaired) electrons. The number of nitrogens with zero attached hydrogens (tertiary/aromatic N) is 1. The second kappa shape index (κ2) is 7.66. The summed E-state index contributed by atoms with van der Waals surface area (Å²) in [6.45, 7) is 2.91. The Balaban J connectivity index is 1.26. The van der Waals surface area contributed by atoms with Gasteiger partial charge in [-0.05, 0) is 68.7 Å². The van der Waals surface area contributed by atoms with E-state index in [9.17, 15) is 9.59 Å². The lowest BCUT2D eigenvalue weighted by Crippen LogP contribution is -2.39. The molecule has 140 valence electrons. The Morgan fingerprint density at radius 3 is 2.81 bits per heavy atom. The second-order valence-corrected chi connectivity index (χ2v) is 7.72. The fraction of sp³-hybridized carbons (Fsp3) is 0.600. The summed E-state index contributed by atoms with van der Waals surface area (Å²) >= 11 is 0. The molecule has 0 unspecified atom stereocenters. The second-order valence-electron chi connectivity index (χ2n) is 7.72. The Hall–Kier alpha value is -2.08. The van der Waals surface area contributed by atoms with E-state index < -0.39 is 5.76 Å². The van der Waals surface area contributed by atoms with Crippen molar-refractivity contribution in [2.45, 2.75) is 51.0 Å². The lowest BCUT2D eigenvalue weighted by molar-refractivity contribution is -0.131. The summed E-state index contributed by atoms with van der Waals surface area (Å²) in [5.74, 6) is 0.471. The first-order valence-electron chi connectivity index (χ1n) is 9.80. The Morgan fingerprint density at radius 2 is 2.04 bits per heavy atom. The number of amides is 1. The monoisotopic (exact) mass is 357 g/mol. The number of carbonyl (C=O) groups is 1. The van der Waals surface area contributed by atoms with Crippen LogP contribution in [0.3, 0.4) is 0 Å². The lowest BCUT2D eigenvalue weighted by atomic mass is 9.90. The van der Waals surface area contributed by atoms with E-state index in [0.29, 0.717) is 17.5 Å². The molecule has 0 spiro atoms. The number of H-pyrrole nitrogens is 1. The van der Waals surface area contributed by atoms with Gasteiger partial charge in [-0.3, -0.25) is 9.78 Å². The van der Waals surface area contributed by atoms with Crippen molar-refractivity contribution >= 4 is 17.0 Å². The number of nitrogens with one attached hydrogen (secondary N) is 2. The van der Waals surface area contributed by atoms with Crippen molar-refractivity contribution < 1.29 is 9.21 Å². The highest BCUT2D eigenvalue weighted by Gasteiger charge is 2.24. The molecule has 1 amide bonds. The van der Waals surface area contributed by atoms with E-state index in [0.717, 1.165) is 43.5 Å². The third-order valence-electron chi connectivity index (χ3n) is 5.89. The van der Waals surface area contributed by atoms with Crippen molar-refractivity contribution in [3.8, 4) is 0 Å².